The van der Waals surface area contributed by atoms with Gasteiger partial charge >= 0.3 is 108 Å². The number of rotatable bonds is 2. The number of hydrogen-bond acceptors (Lipinski definition) is 1. The average Bonchev–Trinajstić information content (AvgIpc) is 2.24. The molecule has 0 saturated carbocycles. The number of nitrogens with zero attached hydrogens (tertiary/aromatic N) is 1. The van der Waals surface area contributed by atoms with Crippen molar-refractivity contribution in [1.29, 1.82) is 0 Å². The van der Waals surface area contributed by atoms with E-state index in [0.29, 0.717) is 0 Å². The van der Waals surface area contributed by atoms with Crippen LogP contribution in [-0.2, 0) is 0 Å². The zero-order valence-electron chi connectivity index (χ0n) is 11.8. The van der Waals surface area contributed by atoms with Crippen LogP contribution in [-0.4, -0.2) is 40.2 Å². The fourth-order valence-electron chi connectivity index (χ4n) is 2.88. The van der Waals surface area contributed by atoms with Crippen LogP contribution >= 0.6 is 0 Å². The third kappa shape index (κ3) is 5.28. The van der Waals surface area contributed by atoms with Crippen molar-refractivity contribution < 1.29 is 0 Å². The maximum atomic E-state index is 2.68. The molecule has 0 radical (unpaired) electrons. The summed E-state index contributed by atoms with van der Waals surface area (Å²) in [6.07, 6.45) is 5.94. The van der Waals surface area contributed by atoms with E-state index in [2.05, 4.69) is 32.6 Å². The monoisotopic (exact) mass is 281 g/mol. The van der Waals surface area contributed by atoms with Gasteiger partial charge in [0.2, 0.25) is 0 Å². The normalized spacial score (nSPS) is 21.8. The molecule has 0 aliphatic carbocycles. The van der Waals surface area contributed by atoms with Crippen molar-refractivity contribution >= 4 is 16.2 Å². The van der Waals surface area contributed by atoms with E-state index in [1.807, 2.05) is 0 Å². The second-order valence-electron chi connectivity index (χ2n) is 6.13. The minimum atomic E-state index is -0.868. The predicted molar refractivity (Wildman–Crippen MR) is 75.6 cm³/mol. The van der Waals surface area contributed by atoms with Gasteiger partial charge in [0.25, 0.3) is 0 Å². The fraction of sp³-hybridized carbons (Fsp3) is 1.00. The molecule has 0 atom stereocenters. The van der Waals surface area contributed by atoms with Crippen LogP contribution in [0.2, 0.25) is 14.4 Å². The Morgan fingerprint density at radius 3 is 1.69 bits per heavy atom. The molecule has 1 heterocycles. The van der Waals surface area contributed by atoms with Crippen LogP contribution in [0.25, 0.3) is 0 Å². The van der Waals surface area contributed by atoms with Gasteiger partial charge in [-0.25, -0.2) is 0 Å². The molecule has 0 bridgehead atoms. The van der Waals surface area contributed by atoms with Crippen LogP contribution in [0, 0.1) is 0 Å². The molecule has 0 N–H and O–H groups in total. The summed E-state index contributed by atoms with van der Waals surface area (Å²) in [5.74, 6) is 0. The Labute approximate surface area is 108 Å². The van der Waals surface area contributed by atoms with Gasteiger partial charge in [-0.05, 0) is 0 Å². The van der Waals surface area contributed by atoms with E-state index in [1.54, 1.807) is 9.95 Å². The van der Waals surface area contributed by atoms with Crippen LogP contribution in [0.5, 0.6) is 0 Å². The quantitative estimate of drug-likeness (QED) is 0.687. The van der Waals surface area contributed by atoms with Gasteiger partial charge in [-0.3, -0.25) is 0 Å². The molecule has 0 amide bonds. The topological polar surface area (TPSA) is 3.24 Å². The Morgan fingerprint density at radius 1 is 0.812 bits per heavy atom. The molecule has 1 fully saturated rings. The summed E-state index contributed by atoms with van der Waals surface area (Å²) in [4.78, 5) is 5.98. The van der Waals surface area contributed by atoms with Crippen LogP contribution in [0.3, 0.4) is 0 Å². The molecule has 1 aliphatic heterocycles. The Morgan fingerprint density at radius 2 is 1.31 bits per heavy atom. The summed E-state index contributed by atoms with van der Waals surface area (Å²) in [5.41, 5.74) is 0. The van der Waals surface area contributed by atoms with Crippen molar-refractivity contribution in [2.45, 2.75) is 73.8 Å². The standard InChI is InChI=1S/C11H23N.C3H7.Ga/c1-5-7-9-12(11(3)4)10-8-6-2;1-3-2;/h11H,1-2,5-10H2,3-4H3;3H,1-2H3;. The maximum absolute atomic E-state index is 2.68. The fourth-order valence-corrected chi connectivity index (χ4v) is 9.70. The van der Waals surface area contributed by atoms with E-state index >= 15 is 0 Å². The first-order chi connectivity index (χ1) is 7.61. The van der Waals surface area contributed by atoms with Crippen LogP contribution in [0.1, 0.15) is 53.4 Å². The summed E-state index contributed by atoms with van der Waals surface area (Å²) in [6, 6.07) is 0.752. The third-order valence-corrected chi connectivity index (χ3v) is 13.0. The van der Waals surface area contributed by atoms with Gasteiger partial charge in [0.1, 0.15) is 0 Å². The summed E-state index contributed by atoms with van der Waals surface area (Å²) >= 11 is -0.868. The van der Waals surface area contributed by atoms with Crippen molar-refractivity contribution in [3.05, 3.63) is 0 Å². The van der Waals surface area contributed by atoms with Crippen LogP contribution in [0.4, 0.5) is 0 Å². The van der Waals surface area contributed by atoms with Crippen molar-refractivity contribution in [2.75, 3.05) is 13.1 Å². The minimum absolute atomic E-state index is 0.752. The van der Waals surface area contributed by atoms with E-state index in [1.165, 1.54) is 38.8 Å². The molecule has 2 heteroatoms. The second kappa shape index (κ2) is 7.83. The third-order valence-electron chi connectivity index (χ3n) is 4.21. The molecule has 1 aliphatic rings. The summed E-state index contributed by atoms with van der Waals surface area (Å²) in [5, 5.41) is 0. The zero-order valence-corrected chi connectivity index (χ0v) is 14.3. The summed E-state index contributed by atoms with van der Waals surface area (Å²) in [6.45, 7) is 12.4. The van der Waals surface area contributed by atoms with Crippen LogP contribution < -0.4 is 0 Å². The molecular weight excluding hydrogens is 252 g/mol. The van der Waals surface area contributed by atoms with E-state index in [9.17, 15) is 0 Å². The van der Waals surface area contributed by atoms with Gasteiger partial charge < -0.3 is 0 Å². The van der Waals surface area contributed by atoms with E-state index in [4.69, 9.17) is 0 Å². The van der Waals surface area contributed by atoms with E-state index < -0.39 is 16.2 Å². The first-order valence-electron chi connectivity index (χ1n) is 7.35. The zero-order chi connectivity index (χ0) is 12.0. The van der Waals surface area contributed by atoms with E-state index in [-0.39, 0.29) is 0 Å². The molecule has 94 valence electrons. The summed E-state index contributed by atoms with van der Waals surface area (Å²) < 4.78 is 1.08. The van der Waals surface area contributed by atoms with Crippen molar-refractivity contribution in [1.82, 2.24) is 4.90 Å². The molecule has 0 spiro atoms. The Balaban J connectivity index is 2.37. The number of hydrogen-bond donors (Lipinski definition) is 0. The Kier molecular flexibility index (Phi) is 7.18. The molecule has 16 heavy (non-hydrogen) atoms. The Bertz CT molecular complexity index is 148. The summed E-state index contributed by atoms with van der Waals surface area (Å²) in [7, 11) is 0. The second-order valence-corrected chi connectivity index (χ2v) is 14.5. The molecule has 0 unspecified atom stereocenters. The average molecular weight is 282 g/mol. The molecule has 0 aromatic heterocycles. The molecule has 1 saturated heterocycles. The first-order valence-corrected chi connectivity index (χ1v) is 12.2. The van der Waals surface area contributed by atoms with Gasteiger partial charge in [-0.2, -0.15) is 0 Å². The van der Waals surface area contributed by atoms with Gasteiger partial charge in [0, 0.05) is 0 Å². The molecular formula is C14H30GaN. The Hall–Kier alpha value is 0.596. The van der Waals surface area contributed by atoms with E-state index in [0.717, 1.165) is 10.5 Å². The van der Waals surface area contributed by atoms with Crippen molar-refractivity contribution in [2.24, 2.45) is 0 Å². The predicted octanol–water partition coefficient (Wildman–Crippen LogP) is 4.18. The van der Waals surface area contributed by atoms with Gasteiger partial charge in [-0.1, -0.05) is 0 Å². The molecule has 1 rings (SSSR count). The van der Waals surface area contributed by atoms with Crippen molar-refractivity contribution in [3.8, 4) is 0 Å². The molecule has 0 aromatic carbocycles. The molecule has 0 aromatic rings. The first kappa shape index (κ1) is 14.7. The van der Waals surface area contributed by atoms with Crippen LogP contribution in [0.15, 0.2) is 0 Å². The van der Waals surface area contributed by atoms with Gasteiger partial charge in [0.15, 0.2) is 0 Å². The SMILES string of the molecule is CC(C)N1CCC[CH2][Ga]([CH](C)C)[CH2]CCC1. The molecule has 1 nitrogen and oxygen atoms in total. The van der Waals surface area contributed by atoms with Gasteiger partial charge in [-0.15, -0.1) is 0 Å². The van der Waals surface area contributed by atoms with Crippen molar-refractivity contribution in [3.63, 3.8) is 0 Å². The van der Waals surface area contributed by atoms with Gasteiger partial charge in [0.05, 0.1) is 0 Å².